The number of H-pyrrole nitrogens is 1. The smallest absolute Gasteiger partial charge is 0.321 e. The lowest BCUT2D eigenvalue weighted by molar-refractivity contribution is -0.127. The largest absolute Gasteiger partial charge is 0.370 e. The number of hydrogen-bond donors (Lipinski definition) is 4. The number of aromatic amines is 1. The Bertz CT molecular complexity index is 563. The van der Waals surface area contributed by atoms with E-state index in [1.165, 1.54) is 0 Å². The number of carbonyl (C=O) groups is 2. The number of amides is 3. The van der Waals surface area contributed by atoms with Crippen molar-refractivity contribution in [3.05, 3.63) is 3.95 Å². The zero-order chi connectivity index (χ0) is 16.2. The lowest BCUT2D eigenvalue weighted by Crippen LogP contribution is -2.54. The Hall–Kier alpha value is -1.52. The van der Waals surface area contributed by atoms with Crippen LogP contribution in [0, 0.1) is 3.95 Å². The van der Waals surface area contributed by atoms with Gasteiger partial charge in [-0.3, -0.25) is 15.2 Å². The van der Waals surface area contributed by atoms with E-state index < -0.39 is 29.7 Å². The summed E-state index contributed by atoms with van der Waals surface area (Å²) < 4.78 is 6.07. The molecule has 118 valence electrons. The van der Waals surface area contributed by atoms with E-state index in [2.05, 4.69) is 20.8 Å². The van der Waals surface area contributed by atoms with E-state index in [1.54, 1.807) is 6.92 Å². The highest BCUT2D eigenvalue weighted by Gasteiger charge is 2.29. The molecule has 0 fully saturated rings. The van der Waals surface area contributed by atoms with Gasteiger partial charge in [0.2, 0.25) is 11.0 Å². The first kappa shape index (κ1) is 17.5. The number of nitrogens with one attached hydrogen (secondary N) is 3. The lowest BCUT2D eigenvalue weighted by Gasteiger charge is -2.29. The minimum Gasteiger partial charge on any atom is -0.370 e. The molecule has 0 radical (unpaired) electrons. The molecule has 0 aromatic carbocycles. The van der Waals surface area contributed by atoms with Gasteiger partial charge in [-0.15, -0.1) is 5.10 Å². The number of nitrogens with two attached hydrogens (primary N) is 1. The van der Waals surface area contributed by atoms with E-state index in [-0.39, 0.29) is 0 Å². The molecule has 0 saturated heterocycles. The van der Waals surface area contributed by atoms with Crippen molar-refractivity contribution >= 4 is 40.6 Å². The highest BCUT2D eigenvalue weighted by molar-refractivity contribution is 7.73. The molecular weight excluding hydrogens is 314 g/mol. The van der Waals surface area contributed by atoms with Gasteiger partial charge < -0.3 is 15.8 Å². The van der Waals surface area contributed by atoms with Crippen LogP contribution in [0.15, 0.2) is 0 Å². The van der Waals surface area contributed by atoms with Crippen molar-refractivity contribution in [1.29, 1.82) is 0 Å². The molecule has 3 amide bonds. The Morgan fingerprint density at radius 3 is 2.52 bits per heavy atom. The van der Waals surface area contributed by atoms with Gasteiger partial charge in [-0.2, -0.15) is 0 Å². The van der Waals surface area contributed by atoms with E-state index >= 15 is 0 Å². The van der Waals surface area contributed by atoms with Crippen LogP contribution in [-0.4, -0.2) is 39.9 Å². The second kappa shape index (κ2) is 6.96. The summed E-state index contributed by atoms with van der Waals surface area (Å²) in [5, 5.41) is 11.5. The van der Waals surface area contributed by atoms with Crippen LogP contribution in [0.2, 0.25) is 0 Å². The number of ether oxygens (including phenoxy) is 1. The number of urea groups is 1. The Balaban J connectivity index is 2.67. The van der Waals surface area contributed by atoms with Crippen LogP contribution in [0.3, 0.4) is 0 Å². The summed E-state index contributed by atoms with van der Waals surface area (Å²) in [6.45, 7) is 7.20. The molecule has 0 saturated carbocycles. The van der Waals surface area contributed by atoms with E-state index in [1.807, 2.05) is 20.8 Å². The second-order valence-electron chi connectivity index (χ2n) is 5.33. The van der Waals surface area contributed by atoms with Gasteiger partial charge in [0.05, 0.1) is 11.7 Å². The van der Waals surface area contributed by atoms with Gasteiger partial charge in [0.1, 0.15) is 6.04 Å². The normalized spacial score (nSPS) is 14.3. The molecular formula is C11H19N5O3S2. The van der Waals surface area contributed by atoms with Crippen LogP contribution in [0.4, 0.5) is 9.93 Å². The molecule has 0 aliphatic rings. The Morgan fingerprint density at radius 1 is 1.48 bits per heavy atom. The summed E-state index contributed by atoms with van der Waals surface area (Å²) in [5.74, 6) is -0.684. The number of primary amides is 1. The van der Waals surface area contributed by atoms with Gasteiger partial charge >= 0.3 is 6.03 Å². The van der Waals surface area contributed by atoms with Gasteiger partial charge in [0, 0.05) is 0 Å². The topological polar surface area (TPSA) is 122 Å². The maximum absolute atomic E-state index is 11.8. The van der Waals surface area contributed by atoms with Crippen molar-refractivity contribution in [2.45, 2.75) is 45.4 Å². The van der Waals surface area contributed by atoms with Crippen LogP contribution < -0.4 is 16.4 Å². The average molecular weight is 333 g/mol. The molecule has 0 aliphatic heterocycles. The third kappa shape index (κ3) is 6.19. The Kier molecular flexibility index (Phi) is 5.81. The van der Waals surface area contributed by atoms with Gasteiger partial charge in [-0.1, -0.05) is 11.3 Å². The highest BCUT2D eigenvalue weighted by atomic mass is 32.1. The van der Waals surface area contributed by atoms with Crippen molar-refractivity contribution in [2.24, 2.45) is 5.73 Å². The van der Waals surface area contributed by atoms with Crippen LogP contribution in [0.1, 0.15) is 27.7 Å². The molecule has 8 nitrogen and oxygen atoms in total. The fourth-order valence-corrected chi connectivity index (χ4v) is 2.39. The molecule has 2 atom stereocenters. The number of nitrogens with zero attached hydrogens (tertiary/aromatic N) is 1. The average Bonchev–Trinajstić information content (AvgIpc) is 2.68. The Labute approximate surface area is 131 Å². The monoisotopic (exact) mass is 333 g/mol. The van der Waals surface area contributed by atoms with Crippen LogP contribution >= 0.6 is 23.6 Å². The van der Waals surface area contributed by atoms with Crippen LogP contribution in [0.25, 0.3) is 0 Å². The van der Waals surface area contributed by atoms with Crippen molar-refractivity contribution in [1.82, 2.24) is 15.5 Å². The number of aromatic nitrogens is 2. The van der Waals surface area contributed by atoms with Gasteiger partial charge in [0.15, 0.2) is 3.95 Å². The molecule has 21 heavy (non-hydrogen) atoms. The third-order valence-corrected chi connectivity index (χ3v) is 3.27. The number of rotatable bonds is 5. The fourth-order valence-electron chi connectivity index (χ4n) is 1.60. The van der Waals surface area contributed by atoms with E-state index in [9.17, 15) is 9.59 Å². The highest BCUT2D eigenvalue weighted by Crippen LogP contribution is 2.14. The molecule has 0 spiro atoms. The maximum atomic E-state index is 11.8. The van der Waals surface area contributed by atoms with Crippen molar-refractivity contribution in [2.75, 3.05) is 5.32 Å². The zero-order valence-corrected chi connectivity index (χ0v) is 13.9. The molecule has 1 aromatic rings. The zero-order valence-electron chi connectivity index (χ0n) is 12.2. The minimum absolute atomic E-state index is 0.296. The molecule has 0 aliphatic carbocycles. The molecule has 1 aromatic heterocycles. The SMILES string of the molecule is CC(OC(C)(C)C)C(NC(=O)Nc1n[nH]c(=S)s1)C(N)=O. The first-order valence-corrected chi connectivity index (χ1v) is 7.41. The first-order chi connectivity index (χ1) is 9.58. The second-order valence-corrected chi connectivity index (χ2v) is 7.00. The summed E-state index contributed by atoms with van der Waals surface area (Å²) in [7, 11) is 0. The summed E-state index contributed by atoms with van der Waals surface area (Å²) in [6.07, 6.45) is -0.578. The van der Waals surface area contributed by atoms with Gasteiger partial charge in [0.25, 0.3) is 0 Å². The van der Waals surface area contributed by atoms with Crippen molar-refractivity contribution in [3.63, 3.8) is 0 Å². The first-order valence-electron chi connectivity index (χ1n) is 6.18. The van der Waals surface area contributed by atoms with Crippen LogP contribution in [0.5, 0.6) is 0 Å². The van der Waals surface area contributed by atoms with Crippen molar-refractivity contribution in [3.8, 4) is 0 Å². The van der Waals surface area contributed by atoms with E-state index in [0.29, 0.717) is 9.09 Å². The predicted octanol–water partition coefficient (Wildman–Crippen LogP) is 1.38. The summed E-state index contributed by atoms with van der Waals surface area (Å²) in [6, 6.07) is -1.57. The standard InChI is InChI=1S/C11H19N5O3S2/c1-5(19-11(2,3)4)6(7(12)17)13-8(18)14-9-15-16-10(20)21-9/h5-6H,1-4H3,(H2,12,17)(H,16,20)(H2,13,14,15,18). The molecule has 10 heteroatoms. The van der Waals surface area contributed by atoms with E-state index in [4.69, 9.17) is 22.7 Å². The minimum atomic E-state index is -0.962. The molecule has 5 N–H and O–H groups in total. The summed E-state index contributed by atoms with van der Waals surface area (Å²) in [5.41, 5.74) is 4.84. The van der Waals surface area contributed by atoms with Gasteiger partial charge in [-0.05, 0) is 39.9 Å². The Morgan fingerprint density at radius 2 is 2.10 bits per heavy atom. The number of carbonyl (C=O) groups excluding carboxylic acids is 2. The fraction of sp³-hybridized carbons (Fsp3) is 0.636. The summed E-state index contributed by atoms with van der Waals surface area (Å²) in [4.78, 5) is 23.3. The molecule has 1 rings (SSSR count). The summed E-state index contributed by atoms with van der Waals surface area (Å²) >= 11 is 5.95. The maximum Gasteiger partial charge on any atom is 0.321 e. The molecule has 2 unspecified atom stereocenters. The molecule has 1 heterocycles. The van der Waals surface area contributed by atoms with E-state index in [0.717, 1.165) is 11.3 Å². The lowest BCUT2D eigenvalue weighted by atomic mass is 10.1. The predicted molar refractivity (Wildman–Crippen MR) is 82.7 cm³/mol. The number of anilines is 1. The van der Waals surface area contributed by atoms with Gasteiger partial charge in [-0.25, -0.2) is 4.79 Å². The van der Waals surface area contributed by atoms with Crippen molar-refractivity contribution < 1.29 is 14.3 Å². The molecule has 0 bridgehead atoms. The number of hydrogen-bond acceptors (Lipinski definition) is 6. The third-order valence-electron chi connectivity index (χ3n) is 2.26. The van der Waals surface area contributed by atoms with Crippen LogP contribution in [-0.2, 0) is 9.53 Å². The quantitative estimate of drug-likeness (QED) is 0.606.